The minimum atomic E-state index is 0. The Labute approximate surface area is 127 Å². The topological polar surface area (TPSA) is 24.5 Å². The van der Waals surface area contributed by atoms with Crippen LogP contribution in [0.4, 0.5) is 0 Å². The monoisotopic (exact) mass is 304 g/mol. The van der Waals surface area contributed by atoms with Crippen molar-refractivity contribution in [2.24, 2.45) is 0 Å². The number of halogens is 2. The van der Waals surface area contributed by atoms with Crippen molar-refractivity contribution in [2.45, 2.75) is 19.4 Å². The molecule has 2 aliphatic heterocycles. The van der Waals surface area contributed by atoms with E-state index in [0.29, 0.717) is 6.04 Å². The third-order valence-corrected chi connectivity index (χ3v) is 3.90. The highest BCUT2D eigenvalue weighted by atomic mass is 35.5. The molecule has 19 heavy (non-hydrogen) atoms. The molecule has 0 aromatic heterocycles. The molecule has 2 heterocycles. The lowest BCUT2D eigenvalue weighted by molar-refractivity contribution is 0.185. The van der Waals surface area contributed by atoms with E-state index in [-0.39, 0.29) is 24.8 Å². The molecule has 0 saturated carbocycles. The molecule has 1 atom stereocenters. The normalized spacial score (nSPS) is 19.6. The van der Waals surface area contributed by atoms with Crippen molar-refractivity contribution in [1.82, 2.24) is 10.2 Å². The molecule has 5 heteroatoms. The van der Waals surface area contributed by atoms with Crippen molar-refractivity contribution in [1.29, 1.82) is 0 Å². The van der Waals surface area contributed by atoms with E-state index in [1.165, 1.54) is 11.1 Å². The van der Waals surface area contributed by atoms with Crippen molar-refractivity contribution >= 4 is 24.8 Å². The Bertz CT molecular complexity index is 408. The SMILES string of the molecule is C[C@@H](c1ccc2c(c1)CCO2)N1CCNCC1.Cl.Cl. The van der Waals surface area contributed by atoms with Gasteiger partial charge in [0, 0.05) is 38.6 Å². The van der Waals surface area contributed by atoms with E-state index >= 15 is 0 Å². The summed E-state index contributed by atoms with van der Waals surface area (Å²) in [7, 11) is 0. The Kier molecular flexibility index (Phi) is 6.40. The Balaban J connectivity index is 0.000000902. The van der Waals surface area contributed by atoms with E-state index in [2.05, 4.69) is 35.3 Å². The summed E-state index contributed by atoms with van der Waals surface area (Å²) in [6.07, 6.45) is 1.07. The molecule has 2 aliphatic rings. The molecule has 0 bridgehead atoms. The third-order valence-electron chi connectivity index (χ3n) is 3.90. The highest BCUT2D eigenvalue weighted by Gasteiger charge is 2.20. The molecule has 0 radical (unpaired) electrons. The van der Waals surface area contributed by atoms with Crippen LogP contribution in [0, 0.1) is 0 Å². The number of rotatable bonds is 2. The molecule has 0 spiro atoms. The molecule has 3 rings (SSSR count). The summed E-state index contributed by atoms with van der Waals surface area (Å²) in [6.45, 7) is 7.67. The summed E-state index contributed by atoms with van der Waals surface area (Å²) in [6, 6.07) is 7.20. The molecule has 1 aromatic rings. The highest BCUT2D eigenvalue weighted by Crippen LogP contribution is 2.30. The van der Waals surface area contributed by atoms with E-state index < -0.39 is 0 Å². The second-order valence-corrected chi connectivity index (χ2v) is 4.93. The molecule has 0 unspecified atom stereocenters. The maximum atomic E-state index is 5.56. The van der Waals surface area contributed by atoms with E-state index in [4.69, 9.17) is 4.74 Å². The van der Waals surface area contributed by atoms with Gasteiger partial charge in [0.1, 0.15) is 5.75 Å². The fraction of sp³-hybridized carbons (Fsp3) is 0.571. The first-order valence-electron chi connectivity index (χ1n) is 6.55. The highest BCUT2D eigenvalue weighted by molar-refractivity contribution is 5.85. The summed E-state index contributed by atoms with van der Waals surface area (Å²) >= 11 is 0. The van der Waals surface area contributed by atoms with Gasteiger partial charge in [-0.25, -0.2) is 0 Å². The lowest BCUT2D eigenvalue weighted by Crippen LogP contribution is -2.44. The van der Waals surface area contributed by atoms with Gasteiger partial charge in [-0.15, -0.1) is 24.8 Å². The van der Waals surface area contributed by atoms with Crippen molar-refractivity contribution in [2.75, 3.05) is 32.8 Å². The zero-order valence-corrected chi connectivity index (χ0v) is 12.9. The van der Waals surface area contributed by atoms with Crippen molar-refractivity contribution in [3.05, 3.63) is 29.3 Å². The number of ether oxygens (including phenoxy) is 1. The maximum Gasteiger partial charge on any atom is 0.122 e. The van der Waals surface area contributed by atoms with E-state index in [1.807, 2.05) is 0 Å². The Hall–Kier alpha value is -0.480. The number of nitrogens with one attached hydrogen (secondary N) is 1. The number of hydrogen-bond acceptors (Lipinski definition) is 3. The number of fused-ring (bicyclic) bond motifs is 1. The van der Waals surface area contributed by atoms with Crippen molar-refractivity contribution < 1.29 is 4.74 Å². The van der Waals surface area contributed by atoms with Gasteiger partial charge in [0.05, 0.1) is 6.61 Å². The van der Waals surface area contributed by atoms with Crippen LogP contribution < -0.4 is 10.1 Å². The third kappa shape index (κ3) is 3.54. The lowest BCUT2D eigenvalue weighted by atomic mass is 10.0. The summed E-state index contributed by atoms with van der Waals surface area (Å²) in [4.78, 5) is 2.55. The Morgan fingerprint density at radius 2 is 1.95 bits per heavy atom. The first-order valence-corrected chi connectivity index (χ1v) is 6.55. The van der Waals surface area contributed by atoms with Crippen LogP contribution in [0.25, 0.3) is 0 Å². The zero-order chi connectivity index (χ0) is 11.7. The average Bonchev–Trinajstić information content (AvgIpc) is 2.86. The smallest absolute Gasteiger partial charge is 0.122 e. The van der Waals surface area contributed by atoms with Gasteiger partial charge in [0.15, 0.2) is 0 Å². The molecule has 1 aromatic carbocycles. The first-order chi connectivity index (χ1) is 8.34. The number of hydrogen-bond donors (Lipinski definition) is 1. The van der Waals surface area contributed by atoms with E-state index in [1.54, 1.807) is 0 Å². The van der Waals surface area contributed by atoms with Gasteiger partial charge in [-0.05, 0) is 24.1 Å². The van der Waals surface area contributed by atoms with Crippen molar-refractivity contribution in [3.63, 3.8) is 0 Å². The van der Waals surface area contributed by atoms with Crippen LogP contribution in [-0.4, -0.2) is 37.7 Å². The quantitative estimate of drug-likeness (QED) is 0.908. The van der Waals surface area contributed by atoms with Crippen LogP contribution in [0.1, 0.15) is 24.1 Å². The molecule has 1 saturated heterocycles. The van der Waals surface area contributed by atoms with Crippen molar-refractivity contribution in [3.8, 4) is 5.75 Å². The number of nitrogens with zero attached hydrogens (tertiary/aromatic N) is 1. The van der Waals surface area contributed by atoms with Gasteiger partial charge >= 0.3 is 0 Å². The number of benzene rings is 1. The second-order valence-electron chi connectivity index (χ2n) is 4.93. The van der Waals surface area contributed by atoms with Gasteiger partial charge in [0.2, 0.25) is 0 Å². The molecular weight excluding hydrogens is 283 g/mol. The minimum absolute atomic E-state index is 0. The molecular formula is C14H22Cl2N2O. The summed E-state index contributed by atoms with van der Waals surface area (Å²) in [5, 5.41) is 3.40. The average molecular weight is 305 g/mol. The number of piperazine rings is 1. The molecule has 0 aliphatic carbocycles. The minimum Gasteiger partial charge on any atom is -0.493 e. The molecule has 0 amide bonds. The van der Waals surface area contributed by atoms with Crippen LogP contribution in [-0.2, 0) is 6.42 Å². The lowest BCUT2D eigenvalue weighted by Gasteiger charge is -2.33. The largest absolute Gasteiger partial charge is 0.493 e. The fourth-order valence-corrected chi connectivity index (χ4v) is 2.75. The Morgan fingerprint density at radius 3 is 2.68 bits per heavy atom. The van der Waals surface area contributed by atoms with E-state index in [0.717, 1.165) is 45.0 Å². The van der Waals surface area contributed by atoms with Crippen LogP contribution in [0.15, 0.2) is 18.2 Å². The predicted molar refractivity (Wildman–Crippen MR) is 83.0 cm³/mol. The van der Waals surface area contributed by atoms with Gasteiger partial charge in [-0.3, -0.25) is 4.90 Å². The van der Waals surface area contributed by atoms with Crippen LogP contribution in [0.3, 0.4) is 0 Å². The maximum absolute atomic E-state index is 5.56. The van der Waals surface area contributed by atoms with Crippen LogP contribution >= 0.6 is 24.8 Å². The molecule has 3 nitrogen and oxygen atoms in total. The summed E-state index contributed by atoms with van der Waals surface area (Å²) in [5.74, 6) is 1.08. The van der Waals surface area contributed by atoms with Gasteiger partial charge in [-0.1, -0.05) is 12.1 Å². The van der Waals surface area contributed by atoms with Gasteiger partial charge in [0.25, 0.3) is 0 Å². The van der Waals surface area contributed by atoms with Crippen LogP contribution in [0.2, 0.25) is 0 Å². The molecule has 1 fully saturated rings. The molecule has 108 valence electrons. The first kappa shape index (κ1) is 16.6. The fourth-order valence-electron chi connectivity index (χ4n) is 2.75. The van der Waals surface area contributed by atoms with Gasteiger partial charge in [-0.2, -0.15) is 0 Å². The summed E-state index contributed by atoms with van der Waals surface area (Å²) < 4.78 is 5.56. The zero-order valence-electron chi connectivity index (χ0n) is 11.2. The Morgan fingerprint density at radius 1 is 1.21 bits per heavy atom. The second kappa shape index (κ2) is 7.34. The molecule has 1 N–H and O–H groups in total. The summed E-state index contributed by atoms with van der Waals surface area (Å²) in [5.41, 5.74) is 2.81. The van der Waals surface area contributed by atoms with E-state index in [9.17, 15) is 0 Å². The van der Waals surface area contributed by atoms with Gasteiger partial charge < -0.3 is 10.1 Å². The predicted octanol–water partition coefficient (Wildman–Crippen LogP) is 2.43. The van der Waals surface area contributed by atoms with Crippen LogP contribution in [0.5, 0.6) is 5.75 Å². The standard InChI is InChI=1S/C14H20N2O.2ClH/c1-11(16-7-5-15-6-8-16)12-2-3-14-13(10-12)4-9-17-14;;/h2-3,10-11,15H,4-9H2,1H3;2*1H/t11-;;/m0../s1.